The Bertz CT molecular complexity index is 1100. The number of anilines is 1. The van der Waals surface area contributed by atoms with Crippen LogP contribution in [0.1, 0.15) is 29.8 Å². The summed E-state index contributed by atoms with van der Waals surface area (Å²) in [5, 5.41) is 7.65. The first kappa shape index (κ1) is 22.4. The molecule has 1 unspecified atom stereocenters. The number of hydrogen-bond acceptors (Lipinski definition) is 5. The Balaban J connectivity index is 1.71. The molecule has 0 bridgehead atoms. The van der Waals surface area contributed by atoms with E-state index in [0.29, 0.717) is 22.0 Å². The van der Waals surface area contributed by atoms with Gasteiger partial charge in [0.1, 0.15) is 6.04 Å². The average Bonchev–Trinajstić information content (AvgIpc) is 3.19. The summed E-state index contributed by atoms with van der Waals surface area (Å²) in [4.78, 5) is 29.8. The summed E-state index contributed by atoms with van der Waals surface area (Å²) in [6.07, 6.45) is 0. The maximum Gasteiger partial charge on any atom is 0.251 e. The molecule has 0 fully saturated rings. The number of carbonyl (C=O) groups is 2. The maximum absolute atomic E-state index is 14.0. The number of halogens is 1. The van der Waals surface area contributed by atoms with E-state index in [9.17, 15) is 14.0 Å². The predicted octanol–water partition coefficient (Wildman–Crippen LogP) is 4.66. The van der Waals surface area contributed by atoms with E-state index in [4.69, 9.17) is 4.74 Å². The molecule has 3 aromatic rings. The van der Waals surface area contributed by atoms with Gasteiger partial charge >= 0.3 is 0 Å². The highest BCUT2D eigenvalue weighted by atomic mass is 32.1. The van der Waals surface area contributed by atoms with Crippen LogP contribution in [0, 0.1) is 18.7 Å². The normalized spacial score (nSPS) is 11.8. The van der Waals surface area contributed by atoms with E-state index in [2.05, 4.69) is 15.6 Å². The fourth-order valence-corrected chi connectivity index (χ4v) is 3.74. The van der Waals surface area contributed by atoms with E-state index < -0.39 is 11.9 Å². The predicted molar refractivity (Wildman–Crippen MR) is 120 cm³/mol. The van der Waals surface area contributed by atoms with Crippen molar-refractivity contribution >= 4 is 28.3 Å². The van der Waals surface area contributed by atoms with Gasteiger partial charge in [-0.2, -0.15) is 0 Å². The highest BCUT2D eigenvalue weighted by Crippen LogP contribution is 2.28. The fraction of sp³-hybridized carbons (Fsp3) is 0.261. The van der Waals surface area contributed by atoms with Crippen LogP contribution in [0.5, 0.6) is 5.75 Å². The van der Waals surface area contributed by atoms with Crippen LogP contribution in [0.3, 0.4) is 0 Å². The molecule has 1 atom stereocenters. The minimum absolute atomic E-state index is 0.135. The van der Waals surface area contributed by atoms with Gasteiger partial charge in [-0.1, -0.05) is 31.5 Å². The largest absolute Gasteiger partial charge is 0.494 e. The molecule has 0 saturated heterocycles. The molecule has 162 valence electrons. The van der Waals surface area contributed by atoms with E-state index >= 15 is 0 Å². The van der Waals surface area contributed by atoms with Gasteiger partial charge in [0.2, 0.25) is 5.91 Å². The van der Waals surface area contributed by atoms with Gasteiger partial charge in [-0.3, -0.25) is 9.59 Å². The number of nitrogens with zero attached hydrogens (tertiary/aromatic N) is 1. The van der Waals surface area contributed by atoms with Crippen LogP contribution in [0.25, 0.3) is 11.3 Å². The van der Waals surface area contributed by atoms with Gasteiger partial charge in [0, 0.05) is 16.5 Å². The molecule has 2 amide bonds. The molecule has 0 aliphatic carbocycles. The summed E-state index contributed by atoms with van der Waals surface area (Å²) in [7, 11) is 1.40. The van der Waals surface area contributed by atoms with Crippen LogP contribution in [0.15, 0.2) is 47.8 Å². The number of aromatic nitrogens is 1. The second-order valence-corrected chi connectivity index (χ2v) is 8.30. The molecule has 0 aliphatic rings. The molecule has 0 radical (unpaired) electrons. The van der Waals surface area contributed by atoms with E-state index in [1.54, 1.807) is 29.6 Å². The maximum atomic E-state index is 14.0. The lowest BCUT2D eigenvalue weighted by Crippen LogP contribution is -2.47. The van der Waals surface area contributed by atoms with E-state index in [1.807, 2.05) is 26.8 Å². The number of thiazole rings is 1. The van der Waals surface area contributed by atoms with Crippen LogP contribution in [0.2, 0.25) is 0 Å². The lowest BCUT2D eigenvalue weighted by Gasteiger charge is -2.21. The topological polar surface area (TPSA) is 80.3 Å². The molecule has 2 aromatic carbocycles. The van der Waals surface area contributed by atoms with Crippen molar-refractivity contribution in [3.63, 3.8) is 0 Å². The molecule has 1 aromatic heterocycles. The zero-order valence-corrected chi connectivity index (χ0v) is 18.5. The summed E-state index contributed by atoms with van der Waals surface area (Å²) in [6, 6.07) is 11.0. The number of methoxy groups -OCH3 is 1. The summed E-state index contributed by atoms with van der Waals surface area (Å²) >= 11 is 1.23. The Morgan fingerprint density at radius 2 is 1.94 bits per heavy atom. The van der Waals surface area contributed by atoms with Gasteiger partial charge in [0.15, 0.2) is 16.7 Å². The Morgan fingerprint density at radius 3 is 2.58 bits per heavy atom. The van der Waals surface area contributed by atoms with Crippen molar-refractivity contribution < 1.29 is 18.7 Å². The van der Waals surface area contributed by atoms with Gasteiger partial charge in [-0.15, -0.1) is 11.3 Å². The minimum atomic E-state index is -0.737. The number of nitrogens with one attached hydrogen (secondary N) is 2. The Hall–Kier alpha value is -3.26. The van der Waals surface area contributed by atoms with Gasteiger partial charge in [0.05, 0.1) is 12.8 Å². The summed E-state index contributed by atoms with van der Waals surface area (Å²) in [6.45, 7) is 5.61. The van der Waals surface area contributed by atoms with Crippen LogP contribution in [-0.4, -0.2) is 29.9 Å². The minimum Gasteiger partial charge on any atom is -0.494 e. The third kappa shape index (κ3) is 5.46. The lowest BCUT2D eigenvalue weighted by atomic mass is 10.0. The summed E-state index contributed by atoms with van der Waals surface area (Å²) in [5.74, 6) is -1.15. The molecule has 1 heterocycles. The summed E-state index contributed by atoms with van der Waals surface area (Å²) < 4.78 is 18.9. The molecule has 0 aliphatic heterocycles. The molecule has 6 nitrogen and oxygen atoms in total. The Kier molecular flexibility index (Phi) is 7.02. The number of amides is 2. The highest BCUT2D eigenvalue weighted by Gasteiger charge is 2.25. The van der Waals surface area contributed by atoms with Gasteiger partial charge in [0.25, 0.3) is 5.91 Å². The SMILES string of the molecule is COc1ccc(-c2csc(NC(=O)C(NC(=O)c3cccc(C)c3)C(C)C)n2)cc1F. The number of ether oxygens (including phenoxy) is 1. The standard InChI is InChI=1S/C23H24FN3O3S/c1-13(2)20(26-21(28)16-7-5-6-14(3)10-16)22(29)27-23-25-18(12-31-23)15-8-9-19(30-4)17(24)11-15/h5-13,20H,1-4H3,(H,26,28)(H,25,27,29). The van der Waals surface area contributed by atoms with Gasteiger partial charge in [-0.05, 0) is 43.2 Å². The van der Waals surface area contributed by atoms with Crippen molar-refractivity contribution in [2.24, 2.45) is 5.92 Å². The number of aryl methyl sites for hydroxylation is 1. The van der Waals surface area contributed by atoms with E-state index in [-0.39, 0.29) is 23.5 Å². The third-order valence-corrected chi connectivity index (χ3v) is 5.46. The Morgan fingerprint density at radius 1 is 1.16 bits per heavy atom. The van der Waals surface area contributed by atoms with Crippen LogP contribution in [0.4, 0.5) is 9.52 Å². The first-order valence-electron chi connectivity index (χ1n) is 9.76. The highest BCUT2D eigenvalue weighted by molar-refractivity contribution is 7.14. The quantitative estimate of drug-likeness (QED) is 0.559. The van der Waals surface area contributed by atoms with Crippen molar-refractivity contribution in [3.05, 3.63) is 64.8 Å². The van der Waals surface area contributed by atoms with Crippen LogP contribution >= 0.6 is 11.3 Å². The van der Waals surface area contributed by atoms with Crippen LogP contribution in [-0.2, 0) is 4.79 Å². The molecule has 8 heteroatoms. The van der Waals surface area contributed by atoms with Crippen molar-refractivity contribution in [2.75, 3.05) is 12.4 Å². The first-order valence-corrected chi connectivity index (χ1v) is 10.6. The smallest absolute Gasteiger partial charge is 0.251 e. The zero-order chi connectivity index (χ0) is 22.5. The first-order chi connectivity index (χ1) is 14.8. The number of hydrogen-bond donors (Lipinski definition) is 2. The molecule has 31 heavy (non-hydrogen) atoms. The van der Waals surface area contributed by atoms with E-state index in [1.165, 1.54) is 30.6 Å². The summed E-state index contributed by atoms with van der Waals surface area (Å²) in [5.41, 5.74) is 2.56. The fourth-order valence-electron chi connectivity index (χ4n) is 3.02. The van der Waals surface area contributed by atoms with Crippen molar-refractivity contribution in [1.82, 2.24) is 10.3 Å². The third-order valence-electron chi connectivity index (χ3n) is 4.70. The Labute approximate surface area is 184 Å². The van der Waals surface area contributed by atoms with Gasteiger partial charge < -0.3 is 15.4 Å². The number of carbonyl (C=O) groups excluding carboxylic acids is 2. The number of benzene rings is 2. The monoisotopic (exact) mass is 441 g/mol. The molecule has 3 rings (SSSR count). The van der Waals surface area contributed by atoms with Gasteiger partial charge in [-0.25, -0.2) is 9.37 Å². The number of rotatable bonds is 7. The second kappa shape index (κ2) is 9.70. The molecular weight excluding hydrogens is 417 g/mol. The van der Waals surface area contributed by atoms with Crippen LogP contribution < -0.4 is 15.4 Å². The van der Waals surface area contributed by atoms with Crippen molar-refractivity contribution in [1.29, 1.82) is 0 Å². The lowest BCUT2D eigenvalue weighted by molar-refractivity contribution is -0.118. The average molecular weight is 442 g/mol. The van der Waals surface area contributed by atoms with Crippen molar-refractivity contribution in [2.45, 2.75) is 26.8 Å². The molecule has 0 spiro atoms. The van der Waals surface area contributed by atoms with E-state index in [0.717, 1.165) is 5.56 Å². The second-order valence-electron chi connectivity index (χ2n) is 7.44. The molecular formula is C23H24FN3O3S. The molecule has 0 saturated carbocycles. The van der Waals surface area contributed by atoms with Crippen molar-refractivity contribution in [3.8, 4) is 17.0 Å². The zero-order valence-electron chi connectivity index (χ0n) is 17.7. The molecule has 2 N–H and O–H groups in total.